The first-order valence-corrected chi connectivity index (χ1v) is 7.82. The van der Waals surface area contributed by atoms with E-state index < -0.39 is 16.0 Å². The van der Waals surface area contributed by atoms with E-state index in [1.807, 2.05) is 25.9 Å². The summed E-state index contributed by atoms with van der Waals surface area (Å²) in [6, 6.07) is 6.02. The molecular weight excluding hydrogens is 280 g/mol. The Morgan fingerprint density at radius 3 is 2.60 bits per heavy atom. The molecule has 0 radical (unpaired) electrons. The molecular formula is C13H20N2O4S. The Morgan fingerprint density at radius 2 is 2.05 bits per heavy atom. The molecule has 7 heteroatoms. The van der Waals surface area contributed by atoms with Crippen molar-refractivity contribution in [2.45, 2.75) is 18.7 Å². The van der Waals surface area contributed by atoms with Crippen molar-refractivity contribution in [3.63, 3.8) is 0 Å². The quantitative estimate of drug-likeness (QED) is 0.776. The van der Waals surface area contributed by atoms with Gasteiger partial charge in [0.25, 0.3) is 0 Å². The molecule has 0 aromatic heterocycles. The van der Waals surface area contributed by atoms with Crippen LogP contribution in [0.25, 0.3) is 0 Å². The van der Waals surface area contributed by atoms with E-state index in [0.29, 0.717) is 12.1 Å². The fourth-order valence-corrected chi connectivity index (χ4v) is 2.71. The monoisotopic (exact) mass is 300 g/mol. The van der Waals surface area contributed by atoms with Crippen molar-refractivity contribution in [2.24, 2.45) is 0 Å². The van der Waals surface area contributed by atoms with Crippen LogP contribution in [0.3, 0.4) is 0 Å². The average Bonchev–Trinajstić information content (AvgIpc) is 2.35. The lowest BCUT2D eigenvalue weighted by molar-refractivity contribution is 0.0696. The van der Waals surface area contributed by atoms with Gasteiger partial charge in [-0.2, -0.15) is 0 Å². The third-order valence-corrected chi connectivity index (χ3v) is 4.33. The number of nitrogens with zero attached hydrogens (tertiary/aromatic N) is 1. The van der Waals surface area contributed by atoms with Crippen molar-refractivity contribution >= 4 is 16.0 Å². The minimum absolute atomic E-state index is 0.0788. The van der Waals surface area contributed by atoms with E-state index in [9.17, 15) is 13.2 Å². The Hall–Kier alpha value is -1.44. The second kappa shape index (κ2) is 6.83. The van der Waals surface area contributed by atoms with Gasteiger partial charge in [0, 0.05) is 12.6 Å². The average molecular weight is 300 g/mol. The van der Waals surface area contributed by atoms with Crippen LogP contribution in [-0.2, 0) is 15.8 Å². The molecule has 0 saturated heterocycles. The number of rotatable bonds is 7. The van der Waals surface area contributed by atoms with Crippen LogP contribution >= 0.6 is 0 Å². The van der Waals surface area contributed by atoms with E-state index >= 15 is 0 Å². The first-order chi connectivity index (χ1) is 9.21. The van der Waals surface area contributed by atoms with Crippen molar-refractivity contribution in [3.8, 4) is 0 Å². The number of carbonyl (C=O) groups is 1. The van der Waals surface area contributed by atoms with Gasteiger partial charge in [-0.15, -0.1) is 0 Å². The number of benzene rings is 1. The summed E-state index contributed by atoms with van der Waals surface area (Å²) in [5.74, 6) is -1.30. The number of aromatic carboxylic acids is 1. The Bertz CT molecular complexity index is 569. The number of carboxylic acid groups (broad SMARTS) is 1. The van der Waals surface area contributed by atoms with E-state index in [4.69, 9.17) is 5.11 Å². The Labute approximate surface area is 119 Å². The number of hydrogen-bond acceptors (Lipinski definition) is 4. The summed E-state index contributed by atoms with van der Waals surface area (Å²) in [5.41, 5.74) is 0.536. The molecule has 0 aliphatic carbocycles. The maximum atomic E-state index is 11.9. The zero-order chi connectivity index (χ0) is 15.3. The van der Waals surface area contributed by atoms with E-state index in [1.165, 1.54) is 18.2 Å². The molecule has 1 aromatic carbocycles. The fourth-order valence-electron chi connectivity index (χ4n) is 1.49. The maximum Gasteiger partial charge on any atom is 0.335 e. The zero-order valence-electron chi connectivity index (χ0n) is 11.8. The van der Waals surface area contributed by atoms with Gasteiger partial charge in [-0.1, -0.05) is 12.1 Å². The van der Waals surface area contributed by atoms with Crippen molar-refractivity contribution in [1.82, 2.24) is 9.62 Å². The van der Waals surface area contributed by atoms with Crippen LogP contribution in [-0.4, -0.2) is 51.1 Å². The van der Waals surface area contributed by atoms with Gasteiger partial charge in [-0.25, -0.2) is 17.9 Å². The lowest BCUT2D eigenvalue weighted by atomic mass is 10.1. The molecule has 6 nitrogen and oxygen atoms in total. The highest BCUT2D eigenvalue weighted by Gasteiger charge is 2.15. The van der Waals surface area contributed by atoms with Crippen molar-refractivity contribution in [3.05, 3.63) is 35.4 Å². The molecule has 20 heavy (non-hydrogen) atoms. The Kier molecular flexibility index (Phi) is 5.67. The van der Waals surface area contributed by atoms with Gasteiger partial charge in [0.1, 0.15) is 0 Å². The summed E-state index contributed by atoms with van der Waals surface area (Å²) >= 11 is 0. The molecule has 0 aliphatic rings. The highest BCUT2D eigenvalue weighted by molar-refractivity contribution is 7.88. The molecule has 0 amide bonds. The smallest absolute Gasteiger partial charge is 0.335 e. The van der Waals surface area contributed by atoms with Gasteiger partial charge >= 0.3 is 5.97 Å². The van der Waals surface area contributed by atoms with Crippen LogP contribution in [0.15, 0.2) is 24.3 Å². The van der Waals surface area contributed by atoms with Gasteiger partial charge in [-0.05, 0) is 38.7 Å². The number of hydrogen-bond donors (Lipinski definition) is 2. The lowest BCUT2D eigenvalue weighted by Crippen LogP contribution is -2.38. The van der Waals surface area contributed by atoms with Crippen LogP contribution in [0.4, 0.5) is 0 Å². The summed E-state index contributed by atoms with van der Waals surface area (Å²) in [4.78, 5) is 12.7. The van der Waals surface area contributed by atoms with Gasteiger partial charge in [-0.3, -0.25) is 0 Å². The topological polar surface area (TPSA) is 86.7 Å². The molecule has 0 heterocycles. The molecule has 0 fully saturated rings. The molecule has 1 aromatic rings. The maximum absolute atomic E-state index is 11.9. The third kappa shape index (κ3) is 5.28. The van der Waals surface area contributed by atoms with Crippen LogP contribution in [0.1, 0.15) is 22.8 Å². The second-order valence-corrected chi connectivity index (χ2v) is 6.73. The van der Waals surface area contributed by atoms with Crippen molar-refractivity contribution in [2.75, 3.05) is 20.6 Å². The minimum Gasteiger partial charge on any atom is -0.478 e. The largest absolute Gasteiger partial charge is 0.478 e. The van der Waals surface area contributed by atoms with Crippen LogP contribution in [0.5, 0.6) is 0 Å². The summed E-state index contributed by atoms with van der Waals surface area (Å²) in [6.45, 7) is 2.22. The number of nitrogens with one attached hydrogen (secondary N) is 1. The normalized spacial score (nSPS) is 13.4. The molecule has 0 bridgehead atoms. The van der Waals surface area contributed by atoms with Crippen molar-refractivity contribution < 1.29 is 18.3 Å². The molecule has 1 rings (SSSR count). The van der Waals surface area contributed by atoms with Gasteiger partial charge < -0.3 is 10.0 Å². The highest BCUT2D eigenvalue weighted by Crippen LogP contribution is 2.09. The summed E-state index contributed by atoms with van der Waals surface area (Å²) in [7, 11) is 0.265. The summed E-state index contributed by atoms with van der Waals surface area (Å²) < 4.78 is 26.4. The van der Waals surface area contributed by atoms with Gasteiger partial charge in [0.05, 0.1) is 11.3 Å². The third-order valence-electron chi connectivity index (χ3n) is 3.01. The SMILES string of the molecule is CC(CNS(=O)(=O)Cc1cccc(C(=O)O)c1)N(C)C. The molecule has 112 valence electrons. The van der Waals surface area contributed by atoms with E-state index in [0.717, 1.165) is 0 Å². The summed E-state index contributed by atoms with van der Waals surface area (Å²) in [6.07, 6.45) is 0. The molecule has 0 spiro atoms. The van der Waals surface area contributed by atoms with E-state index in [2.05, 4.69) is 4.72 Å². The molecule has 2 N–H and O–H groups in total. The standard InChI is InChI=1S/C13H20N2O4S/c1-10(15(2)3)8-14-20(18,19)9-11-5-4-6-12(7-11)13(16)17/h4-7,10,14H,8-9H2,1-3H3,(H,16,17). The van der Waals surface area contributed by atoms with Crippen LogP contribution in [0, 0.1) is 0 Å². The first-order valence-electron chi connectivity index (χ1n) is 6.17. The van der Waals surface area contributed by atoms with Gasteiger partial charge in [0.2, 0.25) is 10.0 Å². The minimum atomic E-state index is -3.48. The van der Waals surface area contributed by atoms with E-state index in [-0.39, 0.29) is 17.4 Å². The number of likely N-dealkylation sites (N-methyl/N-ethyl adjacent to an activating group) is 1. The molecule has 0 aliphatic heterocycles. The second-order valence-electron chi connectivity index (χ2n) is 4.93. The van der Waals surface area contributed by atoms with Crippen molar-refractivity contribution in [1.29, 1.82) is 0 Å². The zero-order valence-corrected chi connectivity index (χ0v) is 12.6. The van der Waals surface area contributed by atoms with E-state index in [1.54, 1.807) is 6.07 Å². The fraction of sp³-hybridized carbons (Fsp3) is 0.462. The van der Waals surface area contributed by atoms with Crippen LogP contribution in [0.2, 0.25) is 0 Å². The van der Waals surface area contributed by atoms with Gasteiger partial charge in [0.15, 0.2) is 0 Å². The highest BCUT2D eigenvalue weighted by atomic mass is 32.2. The molecule has 0 saturated carbocycles. The number of carboxylic acids is 1. The lowest BCUT2D eigenvalue weighted by Gasteiger charge is -2.20. The number of sulfonamides is 1. The summed E-state index contributed by atoms with van der Waals surface area (Å²) in [5, 5.41) is 8.87. The van der Waals surface area contributed by atoms with Crippen LogP contribution < -0.4 is 4.72 Å². The first kappa shape index (κ1) is 16.6. The molecule has 1 atom stereocenters. The molecule has 1 unspecified atom stereocenters. The predicted molar refractivity (Wildman–Crippen MR) is 77.2 cm³/mol. The Balaban J connectivity index is 2.71. The predicted octanol–water partition coefficient (Wildman–Crippen LogP) is 0.754. The Morgan fingerprint density at radius 1 is 1.40 bits per heavy atom.